The number of nitrogens with one attached hydrogen (secondary N) is 1. The van der Waals surface area contributed by atoms with Crippen LogP contribution in [-0.4, -0.2) is 49.6 Å². The minimum absolute atomic E-state index is 0.0503. The van der Waals surface area contributed by atoms with Crippen LogP contribution in [0.15, 0.2) is 40.8 Å². The first-order valence-electron chi connectivity index (χ1n) is 9.56. The van der Waals surface area contributed by atoms with Gasteiger partial charge in [0.15, 0.2) is 5.76 Å². The molecule has 1 N–H and O–H groups in total. The predicted molar refractivity (Wildman–Crippen MR) is 101 cm³/mol. The number of ether oxygens (including phenoxy) is 1. The van der Waals surface area contributed by atoms with E-state index in [9.17, 15) is 9.59 Å². The second-order valence-corrected chi connectivity index (χ2v) is 7.18. The molecule has 4 rings (SSSR count). The molecule has 1 atom stereocenters. The molecule has 1 aromatic heterocycles. The highest BCUT2D eigenvalue weighted by Gasteiger charge is 2.22. The summed E-state index contributed by atoms with van der Waals surface area (Å²) in [7, 11) is 0. The minimum Gasteiger partial charge on any atom is -0.451 e. The van der Waals surface area contributed by atoms with Gasteiger partial charge in [-0.15, -0.1) is 0 Å². The quantitative estimate of drug-likeness (QED) is 0.881. The van der Waals surface area contributed by atoms with Gasteiger partial charge in [-0.2, -0.15) is 0 Å². The van der Waals surface area contributed by atoms with E-state index in [-0.39, 0.29) is 11.8 Å². The van der Waals surface area contributed by atoms with Gasteiger partial charge in [-0.3, -0.25) is 9.59 Å². The molecule has 1 aromatic carbocycles. The highest BCUT2D eigenvalue weighted by molar-refractivity contribution is 5.95. The second-order valence-electron chi connectivity index (χ2n) is 7.18. The van der Waals surface area contributed by atoms with Gasteiger partial charge < -0.3 is 19.4 Å². The van der Waals surface area contributed by atoms with Crippen molar-refractivity contribution in [3.63, 3.8) is 0 Å². The zero-order valence-electron chi connectivity index (χ0n) is 15.3. The van der Waals surface area contributed by atoms with Gasteiger partial charge in [0, 0.05) is 43.3 Å². The average Bonchev–Trinajstić information content (AvgIpc) is 3.48. The van der Waals surface area contributed by atoms with Crippen LogP contribution in [-0.2, 0) is 4.74 Å². The molecule has 0 bridgehead atoms. The normalized spacial score (nSPS) is 19.4. The summed E-state index contributed by atoms with van der Waals surface area (Å²) in [5.41, 5.74) is 1.45. The molecular weight excluding hydrogens is 344 g/mol. The molecule has 27 heavy (non-hydrogen) atoms. The number of carbonyl (C=O) groups is 2. The lowest BCUT2D eigenvalue weighted by molar-refractivity contribution is 0.0762. The number of nitrogens with zero attached hydrogens (tertiary/aromatic N) is 1. The maximum Gasteiger partial charge on any atom is 0.289 e. The maximum absolute atomic E-state index is 12.4. The van der Waals surface area contributed by atoms with Crippen molar-refractivity contribution in [1.82, 2.24) is 10.2 Å². The van der Waals surface area contributed by atoms with Crippen LogP contribution in [0.4, 0.5) is 0 Å². The summed E-state index contributed by atoms with van der Waals surface area (Å²) in [5, 5.41) is 2.96. The average molecular weight is 368 g/mol. The largest absolute Gasteiger partial charge is 0.451 e. The summed E-state index contributed by atoms with van der Waals surface area (Å²) in [5.74, 6) is 1.27. The number of rotatable bonds is 5. The number of benzene rings is 1. The molecule has 2 fully saturated rings. The van der Waals surface area contributed by atoms with Crippen molar-refractivity contribution in [2.45, 2.75) is 19.3 Å². The first-order chi connectivity index (χ1) is 13.2. The van der Waals surface area contributed by atoms with Crippen molar-refractivity contribution in [3.05, 3.63) is 47.7 Å². The minimum atomic E-state index is -0.0854. The fourth-order valence-electron chi connectivity index (χ4n) is 3.55. The summed E-state index contributed by atoms with van der Waals surface area (Å²) in [6, 6.07) is 10.8. The smallest absolute Gasteiger partial charge is 0.289 e. The van der Waals surface area contributed by atoms with Crippen LogP contribution in [0.3, 0.4) is 0 Å². The molecule has 2 amide bonds. The van der Waals surface area contributed by atoms with Gasteiger partial charge in [0.05, 0.1) is 6.61 Å². The fraction of sp³-hybridized carbons (Fsp3) is 0.429. The van der Waals surface area contributed by atoms with E-state index in [4.69, 9.17) is 9.15 Å². The summed E-state index contributed by atoms with van der Waals surface area (Å²) in [6.45, 7) is 3.73. The first kappa shape index (κ1) is 17.8. The maximum atomic E-state index is 12.4. The number of hydrogen-bond donors (Lipinski definition) is 1. The monoisotopic (exact) mass is 368 g/mol. The van der Waals surface area contributed by atoms with Crippen LogP contribution in [0.5, 0.6) is 0 Å². The highest BCUT2D eigenvalue weighted by atomic mass is 16.5. The van der Waals surface area contributed by atoms with Gasteiger partial charge in [0.1, 0.15) is 5.76 Å². The third-order valence-electron chi connectivity index (χ3n) is 5.22. The standard InChI is InChI=1S/C21H24N2O4/c24-20(22-13-15-9-12-26-14-15)17-5-3-16(4-6-17)18-7-8-19(27-18)21(25)23-10-1-2-11-23/h3-8,15H,1-2,9-14H2,(H,22,24). The summed E-state index contributed by atoms with van der Waals surface area (Å²) < 4.78 is 11.1. The Hall–Kier alpha value is -2.60. The second kappa shape index (κ2) is 7.96. The van der Waals surface area contributed by atoms with Crippen molar-refractivity contribution in [2.75, 3.05) is 32.8 Å². The lowest BCUT2D eigenvalue weighted by Crippen LogP contribution is -2.29. The van der Waals surface area contributed by atoms with Crippen molar-refractivity contribution >= 4 is 11.8 Å². The zero-order chi connectivity index (χ0) is 18.6. The molecular formula is C21H24N2O4. The van der Waals surface area contributed by atoms with E-state index in [1.807, 2.05) is 17.0 Å². The molecule has 2 aromatic rings. The zero-order valence-corrected chi connectivity index (χ0v) is 15.3. The Kier molecular flexibility index (Phi) is 5.25. The van der Waals surface area contributed by atoms with Crippen LogP contribution in [0.2, 0.25) is 0 Å². The van der Waals surface area contributed by atoms with E-state index >= 15 is 0 Å². The van der Waals surface area contributed by atoms with Gasteiger partial charge in [-0.1, -0.05) is 12.1 Å². The Labute approximate surface area is 158 Å². The van der Waals surface area contributed by atoms with E-state index in [0.717, 1.165) is 51.1 Å². The Morgan fingerprint density at radius 3 is 2.56 bits per heavy atom. The lowest BCUT2D eigenvalue weighted by atomic mass is 10.1. The SMILES string of the molecule is O=C(NCC1CCOC1)c1ccc(-c2ccc(C(=O)N3CCCC3)o2)cc1. The molecule has 2 aliphatic rings. The molecule has 6 heteroatoms. The van der Waals surface area contributed by atoms with Crippen LogP contribution in [0, 0.1) is 5.92 Å². The summed E-state index contributed by atoms with van der Waals surface area (Å²) >= 11 is 0. The van der Waals surface area contributed by atoms with Crippen LogP contribution in [0.25, 0.3) is 11.3 Å². The third-order valence-corrected chi connectivity index (χ3v) is 5.22. The number of amides is 2. The number of likely N-dealkylation sites (tertiary alicyclic amines) is 1. The Morgan fingerprint density at radius 2 is 1.85 bits per heavy atom. The van der Waals surface area contributed by atoms with Crippen molar-refractivity contribution in [2.24, 2.45) is 5.92 Å². The van der Waals surface area contributed by atoms with E-state index in [1.54, 1.807) is 24.3 Å². The molecule has 0 saturated carbocycles. The van der Waals surface area contributed by atoms with E-state index < -0.39 is 0 Å². The molecule has 1 unspecified atom stereocenters. The summed E-state index contributed by atoms with van der Waals surface area (Å²) in [4.78, 5) is 26.5. The molecule has 0 radical (unpaired) electrons. The highest BCUT2D eigenvalue weighted by Crippen LogP contribution is 2.24. The van der Waals surface area contributed by atoms with Crippen molar-refractivity contribution in [3.8, 4) is 11.3 Å². The molecule has 0 spiro atoms. The molecule has 3 heterocycles. The topological polar surface area (TPSA) is 71.8 Å². The Balaban J connectivity index is 1.38. The first-order valence-corrected chi connectivity index (χ1v) is 9.56. The van der Waals surface area contributed by atoms with Crippen LogP contribution in [0.1, 0.15) is 40.2 Å². The fourth-order valence-corrected chi connectivity index (χ4v) is 3.55. The van der Waals surface area contributed by atoms with Gasteiger partial charge in [0.25, 0.3) is 11.8 Å². The number of hydrogen-bond acceptors (Lipinski definition) is 4. The third kappa shape index (κ3) is 4.06. The number of carbonyl (C=O) groups excluding carboxylic acids is 2. The van der Waals surface area contributed by atoms with Gasteiger partial charge >= 0.3 is 0 Å². The van der Waals surface area contributed by atoms with Gasteiger partial charge in [0.2, 0.25) is 0 Å². The molecule has 2 aliphatic heterocycles. The van der Waals surface area contributed by atoms with Crippen molar-refractivity contribution < 1.29 is 18.7 Å². The summed E-state index contributed by atoms with van der Waals surface area (Å²) in [6.07, 6.45) is 3.10. The van der Waals surface area contributed by atoms with Crippen LogP contribution < -0.4 is 5.32 Å². The van der Waals surface area contributed by atoms with E-state index in [0.29, 0.717) is 29.5 Å². The van der Waals surface area contributed by atoms with Crippen LogP contribution >= 0.6 is 0 Å². The molecule has 142 valence electrons. The molecule has 2 saturated heterocycles. The van der Waals surface area contributed by atoms with Gasteiger partial charge in [-0.05, 0) is 43.5 Å². The molecule has 6 nitrogen and oxygen atoms in total. The lowest BCUT2D eigenvalue weighted by Gasteiger charge is -2.12. The predicted octanol–water partition coefficient (Wildman–Crippen LogP) is 2.95. The van der Waals surface area contributed by atoms with E-state index in [1.165, 1.54) is 0 Å². The van der Waals surface area contributed by atoms with Crippen molar-refractivity contribution in [1.29, 1.82) is 0 Å². The Bertz CT molecular complexity index is 800. The van der Waals surface area contributed by atoms with Gasteiger partial charge in [-0.25, -0.2) is 0 Å². The van der Waals surface area contributed by atoms with E-state index in [2.05, 4.69) is 5.32 Å². The molecule has 0 aliphatic carbocycles. The Morgan fingerprint density at radius 1 is 1.07 bits per heavy atom. The number of furan rings is 1.